The third-order valence-electron chi connectivity index (χ3n) is 2.30. The molecule has 9 nitrogen and oxygen atoms in total. The fraction of sp³-hybridized carbons (Fsp3) is 0.778. The summed E-state index contributed by atoms with van der Waals surface area (Å²) >= 11 is 0. The van der Waals surface area contributed by atoms with Crippen molar-refractivity contribution in [1.29, 1.82) is 0 Å². The van der Waals surface area contributed by atoms with Crippen LogP contribution in [-0.4, -0.2) is 60.2 Å². The highest BCUT2D eigenvalue weighted by Crippen LogP contribution is 2.77. The van der Waals surface area contributed by atoms with Gasteiger partial charge in [-0.2, -0.15) is 0 Å². The lowest BCUT2D eigenvalue weighted by Crippen LogP contribution is -2.55. The van der Waals surface area contributed by atoms with Gasteiger partial charge >= 0.3 is 17.3 Å². The van der Waals surface area contributed by atoms with Gasteiger partial charge in [-0.25, -0.2) is 4.79 Å². The van der Waals surface area contributed by atoms with Crippen LogP contribution < -0.4 is 0 Å². The Balaban J connectivity index is 2.92. The molecule has 2 unspecified atom stereocenters. The van der Waals surface area contributed by atoms with E-state index in [-0.39, 0.29) is 0 Å². The molecule has 0 aromatic carbocycles. The highest BCUT2D eigenvalue weighted by molar-refractivity contribution is 7.67. The summed E-state index contributed by atoms with van der Waals surface area (Å²) in [6.07, 6.45) is -0.603. The molecule has 0 saturated carbocycles. The topological polar surface area (TPSA) is 143 Å². The second kappa shape index (κ2) is 4.99. The summed E-state index contributed by atoms with van der Waals surface area (Å²) in [4.78, 5) is 23.3. The van der Waals surface area contributed by atoms with Crippen molar-refractivity contribution in [3.63, 3.8) is 0 Å². The van der Waals surface area contributed by atoms with Crippen molar-refractivity contribution in [2.45, 2.75) is 31.0 Å². The van der Waals surface area contributed by atoms with Gasteiger partial charge in [0.15, 0.2) is 0 Å². The Hall–Kier alpha value is -0.613. The third kappa shape index (κ3) is 3.01. The lowest BCUT2D eigenvalue weighted by molar-refractivity contribution is -0.211. The highest BCUT2D eigenvalue weighted by Gasteiger charge is 2.77. The van der Waals surface area contributed by atoms with Crippen LogP contribution in [-0.2, 0) is 27.8 Å². The fourth-order valence-corrected chi connectivity index (χ4v) is 3.79. The molecule has 1 fully saturated rings. The molecule has 0 aromatic rings. The minimum Gasteiger partial charge on any atom is -0.516 e. The van der Waals surface area contributed by atoms with Crippen LogP contribution >= 0.6 is 7.37 Å². The van der Waals surface area contributed by atoms with Gasteiger partial charge in [0.25, 0.3) is 13.2 Å². The zero-order valence-electron chi connectivity index (χ0n) is 11.4. The SMILES string of the molecule is COCP1(=O)OC1(O)C(=O)C(O)(O)C(=O)O[Si](C)(C)C. The largest absolute Gasteiger partial charge is 0.516 e. The number of carbonyl (C=O) groups is 2. The molecule has 0 spiro atoms. The molecule has 0 amide bonds. The van der Waals surface area contributed by atoms with E-state index in [9.17, 15) is 29.5 Å². The molecule has 1 aliphatic rings. The van der Waals surface area contributed by atoms with Crippen molar-refractivity contribution in [3.05, 3.63) is 0 Å². The average molecular weight is 328 g/mol. The molecule has 1 rings (SSSR count). The second-order valence-electron chi connectivity index (χ2n) is 5.29. The summed E-state index contributed by atoms with van der Waals surface area (Å²) in [6.45, 7) is 4.72. The third-order valence-corrected chi connectivity index (χ3v) is 5.31. The number of aliphatic hydroxyl groups is 3. The lowest BCUT2D eigenvalue weighted by Gasteiger charge is -2.24. The molecule has 116 valence electrons. The van der Waals surface area contributed by atoms with Gasteiger partial charge in [0.1, 0.15) is 6.35 Å². The van der Waals surface area contributed by atoms with Gasteiger partial charge in [-0.3, -0.25) is 13.9 Å². The van der Waals surface area contributed by atoms with E-state index in [1.807, 2.05) is 0 Å². The minimum atomic E-state index is -3.91. The van der Waals surface area contributed by atoms with Crippen LogP contribution in [0.15, 0.2) is 0 Å². The van der Waals surface area contributed by atoms with Gasteiger partial charge in [-0.05, 0) is 19.6 Å². The molecular weight excluding hydrogens is 311 g/mol. The Morgan fingerprint density at radius 1 is 1.35 bits per heavy atom. The molecule has 2 atom stereocenters. The summed E-state index contributed by atoms with van der Waals surface area (Å²) in [6, 6.07) is 0. The summed E-state index contributed by atoms with van der Waals surface area (Å²) in [7, 11) is -5.27. The van der Waals surface area contributed by atoms with E-state index in [0.29, 0.717) is 0 Å². The molecular formula is C9H17O9PSi. The average Bonchev–Trinajstić information content (AvgIpc) is 2.79. The Kier molecular flexibility index (Phi) is 4.35. The predicted molar refractivity (Wildman–Crippen MR) is 67.1 cm³/mol. The molecule has 3 N–H and O–H groups in total. The Morgan fingerprint density at radius 3 is 2.25 bits per heavy atom. The molecule has 1 heterocycles. The van der Waals surface area contributed by atoms with Crippen LogP contribution in [0, 0.1) is 0 Å². The van der Waals surface area contributed by atoms with E-state index >= 15 is 0 Å². The van der Waals surface area contributed by atoms with Gasteiger partial charge in [0.05, 0.1) is 0 Å². The van der Waals surface area contributed by atoms with E-state index in [4.69, 9.17) is 4.43 Å². The van der Waals surface area contributed by atoms with Crippen LogP contribution in [0.2, 0.25) is 19.6 Å². The highest BCUT2D eigenvalue weighted by atomic mass is 31.2. The van der Waals surface area contributed by atoms with E-state index in [0.717, 1.165) is 7.11 Å². The van der Waals surface area contributed by atoms with Crippen molar-refractivity contribution in [2.24, 2.45) is 0 Å². The van der Waals surface area contributed by atoms with Crippen LogP contribution in [0.25, 0.3) is 0 Å². The Labute approximate surface area is 116 Å². The maximum absolute atomic E-state index is 11.8. The van der Waals surface area contributed by atoms with E-state index < -0.39 is 45.1 Å². The molecule has 1 saturated heterocycles. The summed E-state index contributed by atoms with van der Waals surface area (Å²) in [5, 5.41) is 28.8. The minimum absolute atomic E-state index is 0.603. The maximum atomic E-state index is 11.8. The molecule has 11 heteroatoms. The number of Topliss-reactive ketones (excluding diaryl/α,β-unsaturated/α-hetero) is 1. The number of rotatable bonds is 6. The zero-order valence-corrected chi connectivity index (χ0v) is 13.3. The van der Waals surface area contributed by atoms with Crippen molar-refractivity contribution in [3.8, 4) is 0 Å². The standard InChI is InChI=1S/C9H17O9PSi/c1-16-5-19(15)9(14,18-19)6(10)8(12,13)7(11)17-20(2,3)4/h12-14H,5H2,1-4H3. The van der Waals surface area contributed by atoms with Crippen LogP contribution in [0.1, 0.15) is 0 Å². The number of ketones is 1. The molecule has 0 aliphatic carbocycles. The fourth-order valence-electron chi connectivity index (χ4n) is 1.33. The van der Waals surface area contributed by atoms with E-state index in [1.165, 1.54) is 0 Å². The molecule has 0 aromatic heterocycles. The monoisotopic (exact) mass is 328 g/mol. The van der Waals surface area contributed by atoms with E-state index in [1.54, 1.807) is 19.6 Å². The quantitative estimate of drug-likeness (QED) is 0.187. The number of hydrogen-bond acceptors (Lipinski definition) is 9. The number of hydrogen-bond donors (Lipinski definition) is 3. The van der Waals surface area contributed by atoms with Gasteiger partial charge in [-0.15, -0.1) is 0 Å². The van der Waals surface area contributed by atoms with Crippen LogP contribution in [0.4, 0.5) is 0 Å². The van der Waals surface area contributed by atoms with Crippen LogP contribution in [0.3, 0.4) is 0 Å². The summed E-state index contributed by atoms with van der Waals surface area (Å²) in [5.74, 6) is -7.14. The Bertz CT molecular complexity index is 482. The first-order valence-electron chi connectivity index (χ1n) is 5.54. The van der Waals surface area contributed by atoms with E-state index in [2.05, 4.69) is 9.26 Å². The molecule has 0 bridgehead atoms. The van der Waals surface area contributed by atoms with Crippen molar-refractivity contribution in [2.75, 3.05) is 13.5 Å². The first-order chi connectivity index (χ1) is 8.80. The van der Waals surface area contributed by atoms with Crippen LogP contribution in [0.5, 0.6) is 0 Å². The number of carbonyl (C=O) groups excluding carboxylic acids is 2. The zero-order chi connectivity index (χ0) is 16.0. The smallest absolute Gasteiger partial charge is 0.361 e. The maximum Gasteiger partial charge on any atom is 0.361 e. The molecule has 1 aliphatic heterocycles. The molecule has 0 radical (unpaired) electrons. The van der Waals surface area contributed by atoms with Crippen molar-refractivity contribution in [1.82, 2.24) is 0 Å². The van der Waals surface area contributed by atoms with Gasteiger partial charge in [0, 0.05) is 7.11 Å². The van der Waals surface area contributed by atoms with Gasteiger partial charge in [-0.1, -0.05) is 0 Å². The van der Waals surface area contributed by atoms with Gasteiger partial charge < -0.3 is 24.5 Å². The summed E-state index contributed by atoms with van der Waals surface area (Å²) < 4.78 is 25.4. The lowest BCUT2D eigenvalue weighted by atomic mass is 10.1. The first kappa shape index (κ1) is 17.4. The normalized spacial score (nSPS) is 29.9. The second-order valence-corrected chi connectivity index (χ2v) is 12.1. The first-order valence-corrected chi connectivity index (χ1v) is 10.8. The predicted octanol–water partition coefficient (Wildman–Crippen LogP) is -0.827. The number of methoxy groups -OCH3 is 1. The summed E-state index contributed by atoms with van der Waals surface area (Å²) in [5.41, 5.74) is -2.94. The Morgan fingerprint density at radius 2 is 1.85 bits per heavy atom. The van der Waals surface area contributed by atoms with Crippen molar-refractivity contribution < 1.29 is 43.2 Å². The van der Waals surface area contributed by atoms with Gasteiger partial charge in [0.2, 0.25) is 8.32 Å². The number of ether oxygens (including phenoxy) is 1. The van der Waals surface area contributed by atoms with Crippen molar-refractivity contribution >= 4 is 27.4 Å². The molecule has 20 heavy (non-hydrogen) atoms.